The first-order chi connectivity index (χ1) is 5.36. The van der Waals surface area contributed by atoms with Gasteiger partial charge in [-0.15, -0.1) is 0 Å². The van der Waals surface area contributed by atoms with Crippen LogP contribution in [-0.2, 0) is 0 Å². The highest BCUT2D eigenvalue weighted by Crippen LogP contribution is 2.05. The number of anilines is 1. The first kappa shape index (κ1) is 7.78. The minimum absolute atomic E-state index is 0.423. The summed E-state index contributed by atoms with van der Waals surface area (Å²) in [4.78, 5) is 7.89. The van der Waals surface area contributed by atoms with Crippen LogP contribution in [0.2, 0.25) is 0 Å². The molecule has 0 saturated carbocycles. The molecule has 4 heteroatoms. The van der Waals surface area contributed by atoms with Gasteiger partial charge in [0, 0.05) is 7.05 Å². The Morgan fingerprint density at radius 1 is 1.45 bits per heavy atom. The van der Waals surface area contributed by atoms with Crippen molar-refractivity contribution in [3.8, 4) is 6.01 Å². The number of ether oxygens (including phenoxy) is 1. The average Bonchev–Trinajstić information content (AvgIpc) is 2.07. The zero-order valence-corrected chi connectivity index (χ0v) is 6.66. The van der Waals surface area contributed by atoms with E-state index < -0.39 is 0 Å². The Bertz CT molecular complexity index is 209. The zero-order chi connectivity index (χ0) is 8.10. The Hall–Kier alpha value is -1.32. The van der Waals surface area contributed by atoms with Gasteiger partial charge in [0.1, 0.15) is 0 Å². The van der Waals surface area contributed by atoms with Gasteiger partial charge in [-0.25, -0.2) is 9.97 Å². The largest absolute Gasteiger partial charge is 0.464 e. The minimum Gasteiger partial charge on any atom is -0.464 e. The third-order valence-corrected chi connectivity index (χ3v) is 1.19. The van der Waals surface area contributed by atoms with E-state index in [9.17, 15) is 0 Å². The van der Waals surface area contributed by atoms with Crippen LogP contribution in [0.3, 0.4) is 0 Å². The van der Waals surface area contributed by atoms with Gasteiger partial charge in [-0.3, -0.25) is 0 Å². The number of hydrogen-bond acceptors (Lipinski definition) is 4. The smallest absolute Gasteiger partial charge is 0.316 e. The number of nitrogens with zero attached hydrogens (tertiary/aromatic N) is 2. The van der Waals surface area contributed by atoms with Crippen molar-refractivity contribution < 1.29 is 4.74 Å². The zero-order valence-electron chi connectivity index (χ0n) is 6.66. The van der Waals surface area contributed by atoms with E-state index in [-0.39, 0.29) is 0 Å². The fourth-order valence-corrected chi connectivity index (χ4v) is 0.649. The van der Waals surface area contributed by atoms with Crippen LogP contribution in [0.15, 0.2) is 12.4 Å². The predicted octanol–water partition coefficient (Wildman–Crippen LogP) is 0.917. The molecule has 1 N–H and O–H groups in total. The molecule has 11 heavy (non-hydrogen) atoms. The summed E-state index contributed by atoms with van der Waals surface area (Å²) in [6.45, 7) is 2.49. The summed E-state index contributed by atoms with van der Waals surface area (Å²) in [5, 5.41) is 2.92. The van der Waals surface area contributed by atoms with Crippen molar-refractivity contribution in [1.29, 1.82) is 0 Å². The first-order valence-electron chi connectivity index (χ1n) is 3.49. The summed E-state index contributed by atoms with van der Waals surface area (Å²) in [7, 11) is 1.82. The highest BCUT2D eigenvalue weighted by Gasteiger charge is 1.93. The summed E-state index contributed by atoms with van der Waals surface area (Å²) in [5.74, 6) is 0. The molecule has 0 fully saturated rings. The van der Waals surface area contributed by atoms with E-state index in [1.54, 1.807) is 12.4 Å². The van der Waals surface area contributed by atoms with Gasteiger partial charge in [0.05, 0.1) is 24.7 Å². The number of rotatable bonds is 3. The molecule has 0 bridgehead atoms. The van der Waals surface area contributed by atoms with Crippen LogP contribution < -0.4 is 10.1 Å². The van der Waals surface area contributed by atoms with Crippen molar-refractivity contribution in [3.05, 3.63) is 12.4 Å². The van der Waals surface area contributed by atoms with Crippen molar-refractivity contribution in [2.45, 2.75) is 6.92 Å². The van der Waals surface area contributed by atoms with E-state index in [2.05, 4.69) is 15.3 Å². The second kappa shape index (κ2) is 3.75. The number of nitrogens with one attached hydrogen (secondary N) is 1. The Morgan fingerprint density at radius 2 is 2.09 bits per heavy atom. The van der Waals surface area contributed by atoms with Gasteiger partial charge in [-0.2, -0.15) is 0 Å². The topological polar surface area (TPSA) is 47.0 Å². The molecule has 0 amide bonds. The quantitative estimate of drug-likeness (QED) is 0.701. The molecule has 60 valence electrons. The van der Waals surface area contributed by atoms with Crippen molar-refractivity contribution in [1.82, 2.24) is 9.97 Å². The van der Waals surface area contributed by atoms with Crippen LogP contribution in [0, 0.1) is 0 Å². The van der Waals surface area contributed by atoms with Gasteiger partial charge in [0.2, 0.25) is 0 Å². The van der Waals surface area contributed by atoms with Crippen LogP contribution >= 0.6 is 0 Å². The van der Waals surface area contributed by atoms with E-state index in [1.165, 1.54) is 0 Å². The lowest BCUT2D eigenvalue weighted by molar-refractivity contribution is 0.312. The SMILES string of the molecule is CCOc1ncc(NC)cn1. The van der Waals surface area contributed by atoms with Crippen LogP contribution in [0.4, 0.5) is 5.69 Å². The second-order valence-corrected chi connectivity index (χ2v) is 1.94. The molecule has 1 heterocycles. The van der Waals surface area contributed by atoms with E-state index >= 15 is 0 Å². The van der Waals surface area contributed by atoms with Crippen molar-refractivity contribution in [2.24, 2.45) is 0 Å². The Labute approximate surface area is 65.6 Å². The van der Waals surface area contributed by atoms with Crippen LogP contribution in [0.1, 0.15) is 6.92 Å². The third-order valence-electron chi connectivity index (χ3n) is 1.19. The van der Waals surface area contributed by atoms with Gasteiger partial charge in [0.15, 0.2) is 0 Å². The van der Waals surface area contributed by atoms with Crippen molar-refractivity contribution >= 4 is 5.69 Å². The molecule has 1 aromatic rings. The van der Waals surface area contributed by atoms with E-state index in [1.807, 2.05) is 14.0 Å². The monoisotopic (exact) mass is 153 g/mol. The van der Waals surface area contributed by atoms with Gasteiger partial charge >= 0.3 is 6.01 Å². The van der Waals surface area contributed by atoms with Crippen molar-refractivity contribution in [3.63, 3.8) is 0 Å². The molecule has 0 aromatic carbocycles. The molecule has 0 radical (unpaired) electrons. The molecule has 0 atom stereocenters. The maximum absolute atomic E-state index is 5.06. The summed E-state index contributed by atoms with van der Waals surface area (Å²) in [5.41, 5.74) is 0.883. The highest BCUT2D eigenvalue weighted by molar-refractivity contribution is 5.36. The normalized spacial score (nSPS) is 9.27. The summed E-state index contributed by atoms with van der Waals surface area (Å²) in [6, 6.07) is 0.423. The fraction of sp³-hybridized carbons (Fsp3) is 0.429. The Balaban J connectivity index is 2.66. The molecule has 4 nitrogen and oxygen atoms in total. The first-order valence-corrected chi connectivity index (χ1v) is 3.49. The Kier molecular flexibility index (Phi) is 2.66. The fourth-order valence-electron chi connectivity index (χ4n) is 0.649. The van der Waals surface area contributed by atoms with Gasteiger partial charge < -0.3 is 10.1 Å². The minimum atomic E-state index is 0.423. The van der Waals surface area contributed by atoms with Crippen LogP contribution in [0.5, 0.6) is 6.01 Å². The van der Waals surface area contributed by atoms with Crippen LogP contribution in [-0.4, -0.2) is 23.6 Å². The lowest BCUT2D eigenvalue weighted by Crippen LogP contribution is -1.98. The highest BCUT2D eigenvalue weighted by atomic mass is 16.5. The van der Waals surface area contributed by atoms with Gasteiger partial charge in [-0.1, -0.05) is 0 Å². The summed E-state index contributed by atoms with van der Waals surface area (Å²) < 4.78 is 5.06. The average molecular weight is 153 g/mol. The number of hydrogen-bond donors (Lipinski definition) is 1. The molecular formula is C7H11N3O. The molecule has 0 spiro atoms. The number of aromatic nitrogens is 2. The van der Waals surface area contributed by atoms with Gasteiger partial charge in [-0.05, 0) is 6.92 Å². The maximum atomic E-state index is 5.06. The molecule has 0 aliphatic carbocycles. The van der Waals surface area contributed by atoms with Gasteiger partial charge in [0.25, 0.3) is 0 Å². The second-order valence-electron chi connectivity index (χ2n) is 1.94. The lowest BCUT2D eigenvalue weighted by Gasteiger charge is -2.00. The third kappa shape index (κ3) is 2.07. The van der Waals surface area contributed by atoms with Crippen molar-refractivity contribution in [2.75, 3.05) is 19.0 Å². The Morgan fingerprint density at radius 3 is 2.55 bits per heavy atom. The predicted molar refractivity (Wildman–Crippen MR) is 42.7 cm³/mol. The van der Waals surface area contributed by atoms with E-state index in [0.29, 0.717) is 12.6 Å². The summed E-state index contributed by atoms with van der Waals surface area (Å²) in [6.07, 6.45) is 3.36. The van der Waals surface area contributed by atoms with E-state index in [0.717, 1.165) is 5.69 Å². The maximum Gasteiger partial charge on any atom is 0.316 e. The summed E-state index contributed by atoms with van der Waals surface area (Å²) >= 11 is 0. The molecule has 1 aromatic heterocycles. The molecule has 0 saturated heterocycles. The molecule has 0 aliphatic rings. The molecular weight excluding hydrogens is 142 g/mol. The lowest BCUT2D eigenvalue weighted by atomic mass is 10.5. The molecule has 1 rings (SSSR count). The molecule has 0 unspecified atom stereocenters. The van der Waals surface area contributed by atoms with Crippen LogP contribution in [0.25, 0.3) is 0 Å². The molecule has 0 aliphatic heterocycles. The van der Waals surface area contributed by atoms with E-state index in [4.69, 9.17) is 4.74 Å². The standard InChI is InChI=1S/C7H11N3O/c1-3-11-7-9-4-6(8-2)5-10-7/h4-5,8H,3H2,1-2H3.